The van der Waals surface area contributed by atoms with Gasteiger partial charge in [-0.2, -0.15) is 0 Å². The molecule has 19 heavy (non-hydrogen) atoms. The highest BCUT2D eigenvalue weighted by atomic mass is 16.2. The maximum atomic E-state index is 12.0. The van der Waals surface area contributed by atoms with Crippen molar-refractivity contribution < 1.29 is 4.79 Å². The Hall–Kier alpha value is -1.84. The number of guanidine groups is 1. The molecule has 1 heterocycles. The van der Waals surface area contributed by atoms with E-state index in [1.54, 1.807) is 0 Å². The van der Waals surface area contributed by atoms with Crippen LogP contribution < -0.4 is 10.6 Å². The van der Waals surface area contributed by atoms with Crippen molar-refractivity contribution in [2.75, 3.05) is 0 Å². The molecule has 1 aliphatic rings. The Balaban J connectivity index is 2.27. The van der Waals surface area contributed by atoms with Crippen molar-refractivity contribution in [1.82, 2.24) is 10.6 Å². The SMILES string of the molecule is Cc1cc(C)cc(C2N=C(NC(C)(C)C)NC2=O)c1. The molecule has 2 N–H and O–H groups in total. The minimum Gasteiger partial charge on any atom is -0.351 e. The van der Waals surface area contributed by atoms with Gasteiger partial charge in [-0.05, 0) is 40.2 Å². The zero-order valence-electron chi connectivity index (χ0n) is 12.2. The molecule has 1 aliphatic heterocycles. The number of hydrogen-bond donors (Lipinski definition) is 2. The van der Waals surface area contributed by atoms with Crippen molar-refractivity contribution in [2.45, 2.75) is 46.2 Å². The largest absolute Gasteiger partial charge is 0.351 e. The fraction of sp³-hybridized carbons (Fsp3) is 0.467. The molecule has 0 fully saturated rings. The molecular formula is C15H21N3O. The van der Waals surface area contributed by atoms with E-state index in [9.17, 15) is 4.79 Å². The average Bonchev–Trinajstić information content (AvgIpc) is 2.54. The smallest absolute Gasteiger partial charge is 0.256 e. The fourth-order valence-corrected chi connectivity index (χ4v) is 2.22. The molecule has 102 valence electrons. The minimum atomic E-state index is -0.441. The van der Waals surface area contributed by atoms with Gasteiger partial charge >= 0.3 is 0 Å². The lowest BCUT2D eigenvalue weighted by atomic mass is 10.0. The molecule has 1 amide bonds. The third kappa shape index (κ3) is 3.34. The summed E-state index contributed by atoms with van der Waals surface area (Å²) in [5, 5.41) is 5.99. The fourth-order valence-electron chi connectivity index (χ4n) is 2.22. The summed E-state index contributed by atoms with van der Waals surface area (Å²) < 4.78 is 0. The zero-order chi connectivity index (χ0) is 14.2. The third-order valence-electron chi connectivity index (χ3n) is 2.80. The highest BCUT2D eigenvalue weighted by Gasteiger charge is 2.29. The van der Waals surface area contributed by atoms with Crippen LogP contribution in [0.25, 0.3) is 0 Å². The summed E-state index contributed by atoms with van der Waals surface area (Å²) in [5.41, 5.74) is 3.12. The van der Waals surface area contributed by atoms with E-state index in [0.29, 0.717) is 5.96 Å². The van der Waals surface area contributed by atoms with Crippen molar-refractivity contribution in [3.8, 4) is 0 Å². The van der Waals surface area contributed by atoms with Crippen molar-refractivity contribution in [3.63, 3.8) is 0 Å². The standard InChI is InChI=1S/C15H21N3O/c1-9-6-10(2)8-11(7-9)12-13(19)17-14(16-12)18-15(3,4)5/h6-8,12H,1-5H3,(H2,16,17,18,19). The Labute approximate surface area is 114 Å². The van der Waals surface area contributed by atoms with Gasteiger partial charge in [-0.25, -0.2) is 4.99 Å². The molecule has 1 aromatic carbocycles. The number of carbonyl (C=O) groups is 1. The van der Waals surface area contributed by atoms with E-state index in [4.69, 9.17) is 0 Å². The van der Waals surface area contributed by atoms with Gasteiger partial charge in [-0.15, -0.1) is 0 Å². The van der Waals surface area contributed by atoms with Gasteiger partial charge in [0.05, 0.1) is 0 Å². The van der Waals surface area contributed by atoms with E-state index >= 15 is 0 Å². The number of hydrogen-bond acceptors (Lipinski definition) is 3. The average molecular weight is 259 g/mol. The van der Waals surface area contributed by atoms with Crippen molar-refractivity contribution in [3.05, 3.63) is 34.9 Å². The van der Waals surface area contributed by atoms with Crippen LogP contribution in [0.1, 0.15) is 43.5 Å². The van der Waals surface area contributed by atoms with Crippen LogP contribution in [0.15, 0.2) is 23.2 Å². The summed E-state index contributed by atoms with van der Waals surface area (Å²) >= 11 is 0. The second-order valence-electron chi connectivity index (χ2n) is 6.17. The molecule has 1 unspecified atom stereocenters. The van der Waals surface area contributed by atoms with E-state index in [0.717, 1.165) is 16.7 Å². The van der Waals surface area contributed by atoms with E-state index in [2.05, 4.69) is 21.7 Å². The highest BCUT2D eigenvalue weighted by Crippen LogP contribution is 2.23. The Morgan fingerprint density at radius 1 is 1.16 bits per heavy atom. The van der Waals surface area contributed by atoms with Crippen LogP contribution in [-0.4, -0.2) is 17.4 Å². The number of amides is 1. The van der Waals surface area contributed by atoms with E-state index in [-0.39, 0.29) is 11.4 Å². The topological polar surface area (TPSA) is 53.5 Å². The Morgan fingerprint density at radius 3 is 2.26 bits per heavy atom. The first kappa shape index (κ1) is 13.6. The second kappa shape index (κ2) is 4.68. The Bertz CT molecular complexity index is 521. The molecule has 0 aliphatic carbocycles. The predicted molar refractivity (Wildman–Crippen MR) is 77.1 cm³/mol. The van der Waals surface area contributed by atoms with Crippen LogP contribution in [-0.2, 0) is 4.79 Å². The normalized spacial score (nSPS) is 19.1. The van der Waals surface area contributed by atoms with Gasteiger partial charge < -0.3 is 5.32 Å². The summed E-state index contributed by atoms with van der Waals surface area (Å²) in [6.07, 6.45) is 0. The Kier molecular flexibility index (Phi) is 3.35. The van der Waals surface area contributed by atoms with Crippen LogP contribution in [0, 0.1) is 13.8 Å². The first-order valence-corrected chi connectivity index (χ1v) is 6.50. The first-order valence-electron chi connectivity index (χ1n) is 6.50. The molecule has 0 saturated heterocycles. The van der Waals surface area contributed by atoms with Crippen LogP contribution in [0.3, 0.4) is 0 Å². The van der Waals surface area contributed by atoms with Gasteiger partial charge in [0.15, 0.2) is 12.0 Å². The number of benzene rings is 1. The molecule has 0 spiro atoms. The molecule has 1 atom stereocenters. The zero-order valence-corrected chi connectivity index (χ0v) is 12.2. The van der Waals surface area contributed by atoms with Gasteiger partial charge in [-0.3, -0.25) is 10.1 Å². The summed E-state index contributed by atoms with van der Waals surface area (Å²) in [7, 11) is 0. The molecule has 0 aromatic heterocycles. The third-order valence-corrected chi connectivity index (χ3v) is 2.80. The van der Waals surface area contributed by atoms with E-state index in [1.165, 1.54) is 0 Å². The first-order chi connectivity index (χ1) is 8.74. The van der Waals surface area contributed by atoms with E-state index in [1.807, 2.05) is 46.8 Å². The van der Waals surface area contributed by atoms with Crippen molar-refractivity contribution in [2.24, 2.45) is 4.99 Å². The molecule has 2 rings (SSSR count). The lowest BCUT2D eigenvalue weighted by molar-refractivity contribution is -0.120. The van der Waals surface area contributed by atoms with E-state index < -0.39 is 6.04 Å². The molecule has 4 heteroatoms. The second-order valence-corrected chi connectivity index (χ2v) is 6.17. The minimum absolute atomic E-state index is 0.0725. The van der Waals surface area contributed by atoms with Crippen LogP contribution in [0.2, 0.25) is 0 Å². The van der Waals surface area contributed by atoms with Gasteiger partial charge in [-0.1, -0.05) is 29.3 Å². The monoisotopic (exact) mass is 259 g/mol. The number of nitrogens with zero attached hydrogens (tertiary/aromatic N) is 1. The molecule has 4 nitrogen and oxygen atoms in total. The van der Waals surface area contributed by atoms with Crippen molar-refractivity contribution >= 4 is 11.9 Å². The molecule has 0 bridgehead atoms. The molecular weight excluding hydrogens is 238 g/mol. The highest BCUT2D eigenvalue weighted by molar-refractivity contribution is 6.05. The molecule has 0 radical (unpaired) electrons. The number of rotatable bonds is 1. The number of carbonyl (C=O) groups excluding carboxylic acids is 1. The lowest BCUT2D eigenvalue weighted by Crippen LogP contribution is -2.46. The Morgan fingerprint density at radius 2 is 1.74 bits per heavy atom. The summed E-state index contributed by atoms with van der Waals surface area (Å²) in [6.45, 7) is 10.2. The predicted octanol–water partition coefficient (Wildman–Crippen LogP) is 2.22. The summed E-state index contributed by atoms with van der Waals surface area (Å²) in [6, 6.07) is 5.68. The molecule has 1 aromatic rings. The maximum Gasteiger partial charge on any atom is 0.256 e. The molecule has 0 saturated carbocycles. The van der Waals surface area contributed by atoms with Crippen LogP contribution in [0.4, 0.5) is 0 Å². The lowest BCUT2D eigenvalue weighted by Gasteiger charge is -2.21. The van der Waals surface area contributed by atoms with Crippen LogP contribution >= 0.6 is 0 Å². The maximum absolute atomic E-state index is 12.0. The van der Waals surface area contributed by atoms with Gasteiger partial charge in [0.1, 0.15) is 0 Å². The van der Waals surface area contributed by atoms with Crippen molar-refractivity contribution in [1.29, 1.82) is 0 Å². The quantitative estimate of drug-likeness (QED) is 0.812. The van der Waals surface area contributed by atoms with Crippen LogP contribution in [0.5, 0.6) is 0 Å². The number of aryl methyl sites for hydroxylation is 2. The van der Waals surface area contributed by atoms with Gasteiger partial charge in [0, 0.05) is 5.54 Å². The van der Waals surface area contributed by atoms with Gasteiger partial charge in [0.25, 0.3) is 5.91 Å². The summed E-state index contributed by atoms with van der Waals surface area (Å²) in [4.78, 5) is 16.5. The number of aliphatic imine (C=N–C) groups is 1. The number of nitrogens with one attached hydrogen (secondary N) is 2. The van der Waals surface area contributed by atoms with Gasteiger partial charge in [0.2, 0.25) is 0 Å². The summed E-state index contributed by atoms with van der Waals surface area (Å²) in [5.74, 6) is 0.485.